The molecule has 2 aliphatic rings. The second-order valence-corrected chi connectivity index (χ2v) is 14.0. The van der Waals surface area contributed by atoms with E-state index in [9.17, 15) is 22.7 Å². The number of halogens is 2. The highest BCUT2D eigenvalue weighted by Crippen LogP contribution is 2.49. The number of aryl methyl sites for hydroxylation is 1. The Kier molecular flexibility index (Phi) is 7.84. The maximum Gasteiger partial charge on any atom is 0.194 e. The highest BCUT2D eigenvalue weighted by atomic mass is 32.2. The molecule has 1 aromatic heterocycles. The first-order valence-electron chi connectivity index (χ1n) is 14.4. The highest BCUT2D eigenvalue weighted by molar-refractivity contribution is 7.92. The fourth-order valence-corrected chi connectivity index (χ4v) is 7.89. The maximum absolute atomic E-state index is 15.1. The van der Waals surface area contributed by atoms with Gasteiger partial charge in [0.1, 0.15) is 17.4 Å². The van der Waals surface area contributed by atoms with Crippen LogP contribution in [-0.4, -0.2) is 51.7 Å². The SMILES string of the molecule is Cc1cc(Oc2ccccc2F)ccc1-n1ncc(C(=O)C2=Cc3cc(F)c(CS(=O)(=O)C4(CC(O)CO)CC4)cc3C2)c1N. The second-order valence-electron chi connectivity index (χ2n) is 11.6. The summed E-state index contributed by atoms with van der Waals surface area (Å²) in [7, 11) is -3.82. The largest absolute Gasteiger partial charge is 0.454 e. The zero-order valence-corrected chi connectivity index (χ0v) is 25.2. The summed E-state index contributed by atoms with van der Waals surface area (Å²) in [5, 5.41) is 23.3. The third-order valence-corrected chi connectivity index (χ3v) is 11.0. The van der Waals surface area contributed by atoms with Gasteiger partial charge in [-0.2, -0.15) is 5.10 Å². The van der Waals surface area contributed by atoms with E-state index in [0.717, 1.165) is 0 Å². The molecule has 0 radical (unpaired) electrons. The van der Waals surface area contributed by atoms with Gasteiger partial charge >= 0.3 is 0 Å². The molecule has 4 aromatic rings. The van der Waals surface area contributed by atoms with Crippen LogP contribution in [0.4, 0.5) is 14.6 Å². The van der Waals surface area contributed by atoms with Crippen molar-refractivity contribution in [2.75, 3.05) is 12.3 Å². The number of aliphatic hydroxyl groups excluding tert-OH is 2. The first-order valence-corrected chi connectivity index (χ1v) is 16.0. The van der Waals surface area contributed by atoms with E-state index in [0.29, 0.717) is 46.5 Å². The van der Waals surface area contributed by atoms with E-state index >= 15 is 4.39 Å². The minimum Gasteiger partial charge on any atom is -0.454 e. The number of aliphatic hydroxyl groups is 2. The number of carbonyl (C=O) groups is 1. The molecule has 0 bridgehead atoms. The molecule has 1 atom stereocenters. The molecule has 2 aliphatic carbocycles. The first-order chi connectivity index (χ1) is 21.4. The van der Waals surface area contributed by atoms with Crippen molar-refractivity contribution < 1.29 is 36.9 Å². The summed E-state index contributed by atoms with van der Waals surface area (Å²) < 4.78 is 61.4. The van der Waals surface area contributed by atoms with Crippen molar-refractivity contribution in [3.8, 4) is 17.2 Å². The number of aromatic nitrogens is 2. The van der Waals surface area contributed by atoms with Crippen LogP contribution in [0.1, 0.15) is 51.9 Å². The molecule has 1 fully saturated rings. The minimum atomic E-state index is -3.82. The molecule has 0 spiro atoms. The van der Waals surface area contributed by atoms with Crippen LogP contribution in [0.2, 0.25) is 0 Å². The summed E-state index contributed by atoms with van der Waals surface area (Å²) in [4.78, 5) is 13.5. The predicted octanol–water partition coefficient (Wildman–Crippen LogP) is 4.85. The van der Waals surface area contributed by atoms with Crippen LogP contribution in [-0.2, 0) is 22.0 Å². The topological polar surface area (TPSA) is 145 Å². The lowest BCUT2D eigenvalue weighted by Gasteiger charge is -2.19. The van der Waals surface area contributed by atoms with Gasteiger partial charge in [0, 0.05) is 17.6 Å². The fraction of sp³-hybridized carbons (Fsp3) is 0.273. The van der Waals surface area contributed by atoms with Crippen LogP contribution in [0.3, 0.4) is 0 Å². The number of sulfone groups is 1. The lowest BCUT2D eigenvalue weighted by atomic mass is 10.0. The monoisotopic (exact) mass is 635 g/mol. The van der Waals surface area contributed by atoms with Gasteiger partial charge in [-0.1, -0.05) is 18.2 Å². The molecular weight excluding hydrogens is 604 g/mol. The molecule has 4 N–H and O–H groups in total. The van der Waals surface area contributed by atoms with Crippen molar-refractivity contribution in [3.63, 3.8) is 0 Å². The van der Waals surface area contributed by atoms with Gasteiger partial charge < -0.3 is 20.7 Å². The molecule has 12 heteroatoms. The molecular formula is C33H31F2N3O6S. The second kappa shape index (κ2) is 11.5. The van der Waals surface area contributed by atoms with Crippen molar-refractivity contribution in [2.24, 2.45) is 0 Å². The van der Waals surface area contributed by atoms with Crippen molar-refractivity contribution >= 4 is 27.5 Å². The number of anilines is 1. The molecule has 45 heavy (non-hydrogen) atoms. The number of nitrogens with zero attached hydrogens (tertiary/aromatic N) is 2. The Morgan fingerprint density at radius 3 is 2.58 bits per heavy atom. The smallest absolute Gasteiger partial charge is 0.194 e. The molecule has 0 aliphatic heterocycles. The summed E-state index contributed by atoms with van der Waals surface area (Å²) in [6, 6.07) is 13.8. The van der Waals surface area contributed by atoms with Gasteiger partial charge in [0.15, 0.2) is 27.2 Å². The Hall–Kier alpha value is -4.39. The molecule has 0 saturated heterocycles. The van der Waals surface area contributed by atoms with Crippen LogP contribution in [0.5, 0.6) is 11.5 Å². The van der Waals surface area contributed by atoms with Crippen LogP contribution in [0, 0.1) is 18.6 Å². The van der Waals surface area contributed by atoms with Crippen LogP contribution in [0.15, 0.2) is 66.4 Å². The Labute approximate surface area is 258 Å². The van der Waals surface area contributed by atoms with Crippen molar-refractivity contribution in [1.82, 2.24) is 9.78 Å². The Balaban J connectivity index is 1.18. The van der Waals surface area contributed by atoms with E-state index in [2.05, 4.69) is 5.10 Å². The molecule has 3 aromatic carbocycles. The average Bonchev–Trinajstić information content (AvgIpc) is 3.54. The van der Waals surface area contributed by atoms with E-state index in [1.807, 2.05) is 0 Å². The number of para-hydroxylation sites is 1. The lowest BCUT2D eigenvalue weighted by molar-refractivity contribution is 0.0857. The van der Waals surface area contributed by atoms with Gasteiger partial charge in [-0.05, 0) is 85.4 Å². The summed E-state index contributed by atoms with van der Waals surface area (Å²) in [6.07, 6.45) is 2.51. The Morgan fingerprint density at radius 2 is 1.89 bits per heavy atom. The van der Waals surface area contributed by atoms with E-state index in [-0.39, 0.29) is 35.5 Å². The number of nitrogens with two attached hydrogens (primary N) is 1. The van der Waals surface area contributed by atoms with E-state index < -0.39 is 50.5 Å². The summed E-state index contributed by atoms with van der Waals surface area (Å²) >= 11 is 0. The molecule has 6 rings (SSSR count). The van der Waals surface area contributed by atoms with E-state index in [4.69, 9.17) is 15.6 Å². The molecule has 9 nitrogen and oxygen atoms in total. The first kappa shape index (κ1) is 30.6. The van der Waals surface area contributed by atoms with Crippen LogP contribution < -0.4 is 10.5 Å². The predicted molar refractivity (Wildman–Crippen MR) is 164 cm³/mol. The molecule has 1 heterocycles. The maximum atomic E-state index is 15.1. The van der Waals surface area contributed by atoms with Gasteiger partial charge in [0.05, 0.1) is 40.7 Å². The van der Waals surface area contributed by atoms with Crippen molar-refractivity contribution in [3.05, 3.63) is 106 Å². The average molecular weight is 636 g/mol. The number of benzene rings is 3. The van der Waals surface area contributed by atoms with Gasteiger partial charge in [-0.15, -0.1) is 0 Å². The molecule has 0 amide bonds. The number of allylic oxidation sites excluding steroid dienone is 1. The lowest BCUT2D eigenvalue weighted by Crippen LogP contribution is -2.31. The zero-order valence-electron chi connectivity index (χ0n) is 24.3. The Bertz CT molecular complexity index is 1970. The van der Waals surface area contributed by atoms with E-state index in [1.54, 1.807) is 43.3 Å². The number of nitrogen functional groups attached to an aromatic ring is 1. The van der Waals surface area contributed by atoms with Crippen molar-refractivity contribution in [1.29, 1.82) is 0 Å². The fourth-order valence-electron chi connectivity index (χ4n) is 5.79. The number of carbonyl (C=O) groups excluding carboxylic acids is 1. The zero-order chi connectivity index (χ0) is 32.1. The molecule has 234 valence electrons. The third kappa shape index (κ3) is 5.76. The summed E-state index contributed by atoms with van der Waals surface area (Å²) in [5.41, 5.74) is 9.26. The van der Waals surface area contributed by atoms with Gasteiger partial charge in [0.25, 0.3) is 0 Å². The van der Waals surface area contributed by atoms with Crippen molar-refractivity contribution in [2.45, 2.75) is 49.2 Å². The van der Waals surface area contributed by atoms with Gasteiger partial charge in [0.2, 0.25) is 0 Å². The number of rotatable bonds is 11. The van der Waals surface area contributed by atoms with Gasteiger partial charge in [-0.3, -0.25) is 4.79 Å². The number of fused-ring (bicyclic) bond motifs is 1. The highest BCUT2D eigenvalue weighted by Gasteiger charge is 2.54. The number of hydrogen-bond acceptors (Lipinski definition) is 8. The molecule has 1 unspecified atom stereocenters. The number of ether oxygens (including phenoxy) is 1. The summed E-state index contributed by atoms with van der Waals surface area (Å²) in [6.45, 7) is 1.25. The minimum absolute atomic E-state index is 0.00847. The third-order valence-electron chi connectivity index (χ3n) is 8.45. The van der Waals surface area contributed by atoms with E-state index in [1.165, 1.54) is 35.1 Å². The number of Topliss-reactive ketones (excluding diaryl/α,β-unsaturated/α-hetero) is 1. The standard InChI is InChI=1S/C33H31F2N3O6S/c1-19-10-25(44-30-5-3-2-4-27(30)34)6-7-29(19)38-32(36)26(16-37-38)31(41)22-11-20-13-23(28(35)14-21(20)12-22)18-45(42,43)33(8-9-33)15-24(40)17-39/h2-7,10,12-14,16,24,39-40H,8-9,11,15,17-18,36H2,1H3. The Morgan fingerprint density at radius 1 is 1.13 bits per heavy atom. The molecule has 1 saturated carbocycles. The number of hydrogen-bond donors (Lipinski definition) is 3. The van der Waals surface area contributed by atoms with Gasteiger partial charge in [-0.25, -0.2) is 21.9 Å². The normalized spacial score (nSPS) is 15.8. The quantitative estimate of drug-likeness (QED) is 0.199. The van der Waals surface area contributed by atoms with Crippen LogP contribution >= 0.6 is 0 Å². The van der Waals surface area contributed by atoms with Crippen LogP contribution in [0.25, 0.3) is 11.8 Å². The number of ketones is 1. The summed E-state index contributed by atoms with van der Waals surface area (Å²) in [5.74, 6) is -1.54.